The molecule has 0 spiro atoms. The highest BCUT2D eigenvalue weighted by atomic mass is 15.2. The van der Waals surface area contributed by atoms with Crippen molar-refractivity contribution >= 4 is 0 Å². The van der Waals surface area contributed by atoms with Gasteiger partial charge in [0.2, 0.25) is 0 Å². The molecule has 2 nitrogen and oxygen atoms in total. The summed E-state index contributed by atoms with van der Waals surface area (Å²) < 4.78 is 0. The lowest BCUT2D eigenvalue weighted by Crippen LogP contribution is -2.38. The van der Waals surface area contributed by atoms with E-state index in [4.69, 9.17) is 5.73 Å². The fraction of sp³-hybridized carbons (Fsp3) is 1.00. The van der Waals surface area contributed by atoms with Crippen molar-refractivity contribution in [1.29, 1.82) is 0 Å². The molecule has 1 atom stereocenters. The minimum Gasteiger partial charge on any atom is -0.326 e. The molecule has 2 N–H and O–H groups in total. The van der Waals surface area contributed by atoms with E-state index in [1.165, 1.54) is 45.2 Å². The molecule has 1 aliphatic heterocycles. The van der Waals surface area contributed by atoms with Gasteiger partial charge in [0, 0.05) is 25.2 Å². The third-order valence-corrected chi connectivity index (χ3v) is 3.89. The van der Waals surface area contributed by atoms with Crippen molar-refractivity contribution in [3.63, 3.8) is 0 Å². The second-order valence-electron chi connectivity index (χ2n) is 5.21. The molecule has 1 unspecified atom stereocenters. The summed E-state index contributed by atoms with van der Waals surface area (Å²) in [6.07, 6.45) is 7.20. The van der Waals surface area contributed by atoms with E-state index in [0.29, 0.717) is 6.04 Å². The maximum atomic E-state index is 5.96. The van der Waals surface area contributed by atoms with E-state index in [0.717, 1.165) is 17.9 Å². The average Bonchev–Trinajstić information content (AvgIpc) is 2.95. The van der Waals surface area contributed by atoms with E-state index in [1.54, 1.807) is 0 Å². The van der Waals surface area contributed by atoms with Gasteiger partial charge in [-0.15, -0.1) is 0 Å². The van der Waals surface area contributed by atoms with Gasteiger partial charge in [0.15, 0.2) is 0 Å². The van der Waals surface area contributed by atoms with Crippen LogP contribution in [0.4, 0.5) is 0 Å². The van der Waals surface area contributed by atoms with Crippen molar-refractivity contribution in [2.45, 2.75) is 44.2 Å². The van der Waals surface area contributed by atoms with Crippen LogP contribution in [-0.2, 0) is 0 Å². The van der Waals surface area contributed by atoms with Crippen LogP contribution in [0, 0.1) is 11.8 Å². The van der Waals surface area contributed by atoms with Gasteiger partial charge in [-0.1, -0.05) is 0 Å². The summed E-state index contributed by atoms with van der Waals surface area (Å²) in [6.45, 7) is 2.45. The lowest BCUT2D eigenvalue weighted by molar-refractivity contribution is 0.192. The lowest BCUT2D eigenvalue weighted by atomic mass is 10.1. The maximum Gasteiger partial charge on any atom is 0.0180 e. The first-order valence-electron chi connectivity index (χ1n) is 5.84. The van der Waals surface area contributed by atoms with Crippen LogP contribution in [0.3, 0.4) is 0 Å². The molecule has 74 valence electrons. The average molecular weight is 180 g/mol. The molecule has 0 radical (unpaired) electrons. The van der Waals surface area contributed by atoms with Crippen molar-refractivity contribution in [1.82, 2.24) is 4.90 Å². The monoisotopic (exact) mass is 180 g/mol. The van der Waals surface area contributed by atoms with Gasteiger partial charge < -0.3 is 5.73 Å². The van der Waals surface area contributed by atoms with Gasteiger partial charge in [0.25, 0.3) is 0 Å². The number of hydrogen-bond acceptors (Lipinski definition) is 2. The van der Waals surface area contributed by atoms with Gasteiger partial charge in [-0.3, -0.25) is 4.90 Å². The Labute approximate surface area is 80.5 Å². The quantitative estimate of drug-likeness (QED) is 0.707. The molecule has 2 aliphatic carbocycles. The summed E-state index contributed by atoms with van der Waals surface area (Å²) in [5.74, 6) is 2.11. The summed E-state index contributed by atoms with van der Waals surface area (Å²) in [5, 5.41) is 0. The first-order valence-corrected chi connectivity index (χ1v) is 5.84. The van der Waals surface area contributed by atoms with Crippen molar-refractivity contribution in [2.75, 3.05) is 13.1 Å². The van der Waals surface area contributed by atoms with E-state index < -0.39 is 0 Å². The molecule has 0 aromatic rings. The fourth-order valence-electron chi connectivity index (χ4n) is 2.94. The SMILES string of the molecule is NC1CCN(C(C2CC2)C2CC2)C1. The Kier molecular flexibility index (Phi) is 1.88. The second-order valence-corrected chi connectivity index (χ2v) is 5.21. The normalized spacial score (nSPS) is 36.0. The Balaban J connectivity index is 1.65. The van der Waals surface area contributed by atoms with Crippen LogP contribution in [0.25, 0.3) is 0 Å². The molecule has 13 heavy (non-hydrogen) atoms. The van der Waals surface area contributed by atoms with Crippen molar-refractivity contribution < 1.29 is 0 Å². The molecule has 1 heterocycles. The van der Waals surface area contributed by atoms with E-state index in [2.05, 4.69) is 4.90 Å². The van der Waals surface area contributed by atoms with E-state index in [-0.39, 0.29) is 0 Å². The number of nitrogens with zero attached hydrogens (tertiary/aromatic N) is 1. The predicted octanol–water partition coefficient (Wildman–Crippen LogP) is 1.21. The number of rotatable bonds is 3. The topological polar surface area (TPSA) is 29.3 Å². The first-order chi connectivity index (χ1) is 6.34. The van der Waals surface area contributed by atoms with Crippen molar-refractivity contribution in [3.05, 3.63) is 0 Å². The lowest BCUT2D eigenvalue weighted by Gasteiger charge is -2.27. The summed E-state index contributed by atoms with van der Waals surface area (Å²) in [6, 6.07) is 1.41. The number of nitrogens with two attached hydrogens (primary N) is 1. The molecule has 0 aromatic carbocycles. The van der Waals surface area contributed by atoms with Crippen molar-refractivity contribution in [3.8, 4) is 0 Å². The fourth-order valence-corrected chi connectivity index (χ4v) is 2.94. The van der Waals surface area contributed by atoms with Gasteiger partial charge in [0.1, 0.15) is 0 Å². The van der Waals surface area contributed by atoms with Gasteiger partial charge >= 0.3 is 0 Å². The van der Waals surface area contributed by atoms with E-state index in [9.17, 15) is 0 Å². The molecule has 3 aliphatic rings. The van der Waals surface area contributed by atoms with Gasteiger partial charge in [-0.05, 0) is 43.9 Å². The van der Waals surface area contributed by atoms with Crippen LogP contribution in [0.5, 0.6) is 0 Å². The summed E-state index contributed by atoms with van der Waals surface area (Å²) in [5.41, 5.74) is 5.96. The Morgan fingerprint density at radius 1 is 1.00 bits per heavy atom. The number of hydrogen-bond donors (Lipinski definition) is 1. The third kappa shape index (κ3) is 1.62. The van der Waals surface area contributed by atoms with E-state index in [1.807, 2.05) is 0 Å². The van der Waals surface area contributed by atoms with Gasteiger partial charge in [-0.2, -0.15) is 0 Å². The summed E-state index contributed by atoms with van der Waals surface area (Å²) in [4.78, 5) is 2.69. The molecule has 0 amide bonds. The van der Waals surface area contributed by atoms with E-state index >= 15 is 0 Å². The first kappa shape index (κ1) is 8.25. The Morgan fingerprint density at radius 3 is 2.00 bits per heavy atom. The smallest absolute Gasteiger partial charge is 0.0180 e. The third-order valence-electron chi connectivity index (χ3n) is 3.89. The highest BCUT2D eigenvalue weighted by Crippen LogP contribution is 2.47. The molecule has 2 heteroatoms. The molecule has 1 saturated heterocycles. The molecule has 0 aromatic heterocycles. The largest absolute Gasteiger partial charge is 0.326 e. The minimum absolute atomic E-state index is 0.472. The Bertz CT molecular complexity index is 184. The molecule has 3 rings (SSSR count). The maximum absolute atomic E-state index is 5.96. The molecular weight excluding hydrogens is 160 g/mol. The Hall–Kier alpha value is -0.0800. The van der Waals surface area contributed by atoms with Crippen LogP contribution in [-0.4, -0.2) is 30.1 Å². The molecule has 0 bridgehead atoms. The molecular formula is C11H20N2. The van der Waals surface area contributed by atoms with Crippen molar-refractivity contribution in [2.24, 2.45) is 17.6 Å². The zero-order valence-electron chi connectivity index (χ0n) is 8.28. The van der Waals surface area contributed by atoms with Gasteiger partial charge in [0.05, 0.1) is 0 Å². The zero-order valence-corrected chi connectivity index (χ0v) is 8.28. The molecule has 3 fully saturated rings. The van der Waals surface area contributed by atoms with Crippen LogP contribution in [0.2, 0.25) is 0 Å². The molecule has 2 saturated carbocycles. The summed E-state index contributed by atoms with van der Waals surface area (Å²) in [7, 11) is 0. The highest BCUT2D eigenvalue weighted by Gasteiger charge is 2.45. The zero-order chi connectivity index (χ0) is 8.84. The minimum atomic E-state index is 0.472. The van der Waals surface area contributed by atoms with Crippen LogP contribution in [0.15, 0.2) is 0 Å². The van der Waals surface area contributed by atoms with Crippen LogP contribution < -0.4 is 5.73 Å². The van der Waals surface area contributed by atoms with Crippen LogP contribution >= 0.6 is 0 Å². The number of likely N-dealkylation sites (tertiary alicyclic amines) is 1. The summed E-state index contributed by atoms with van der Waals surface area (Å²) >= 11 is 0. The Morgan fingerprint density at radius 2 is 1.62 bits per heavy atom. The van der Waals surface area contributed by atoms with Crippen LogP contribution in [0.1, 0.15) is 32.1 Å². The van der Waals surface area contributed by atoms with Gasteiger partial charge in [-0.25, -0.2) is 0 Å². The standard InChI is InChI=1S/C11H20N2/c12-10-5-6-13(7-10)11(8-1-2-8)9-3-4-9/h8-11H,1-7,12H2. The highest BCUT2D eigenvalue weighted by molar-refractivity contribution is 4.99. The predicted molar refractivity (Wildman–Crippen MR) is 53.4 cm³/mol. The second kappa shape index (κ2) is 2.96.